The van der Waals surface area contributed by atoms with E-state index in [9.17, 15) is 9.90 Å². The zero-order chi connectivity index (χ0) is 21.2. The predicted molar refractivity (Wildman–Crippen MR) is 126 cm³/mol. The number of carbonyl (C=O) groups excluding carboxylic acids is 1. The summed E-state index contributed by atoms with van der Waals surface area (Å²) in [4.78, 5) is 17.8. The van der Waals surface area contributed by atoms with Crippen LogP contribution in [0.3, 0.4) is 0 Å². The van der Waals surface area contributed by atoms with Crippen LogP contribution in [0.4, 0.5) is 11.4 Å². The minimum atomic E-state index is -0.0548. The number of benzene rings is 3. The first-order valence-corrected chi connectivity index (χ1v) is 11.1. The molecule has 0 saturated heterocycles. The Kier molecular flexibility index (Phi) is 8.10. The van der Waals surface area contributed by atoms with Crippen LogP contribution in [0.25, 0.3) is 0 Å². The molecule has 1 amide bonds. The number of phenols is 1. The number of hydrogen-bond acceptors (Lipinski definition) is 4. The highest BCUT2D eigenvalue weighted by Crippen LogP contribution is 2.29. The first-order valence-electron chi connectivity index (χ1n) is 10.1. The van der Waals surface area contributed by atoms with Crippen LogP contribution in [0.15, 0.2) is 82.7 Å². The molecular formula is C25H26N2O2S. The van der Waals surface area contributed by atoms with Gasteiger partial charge in [0.05, 0.1) is 11.4 Å². The number of aliphatic imine (C=N–C) groups is 1. The maximum Gasteiger partial charge on any atom is 0.234 e. The lowest BCUT2D eigenvalue weighted by atomic mass is 10.1. The van der Waals surface area contributed by atoms with Crippen molar-refractivity contribution in [3.05, 3.63) is 83.9 Å². The number of nitrogens with zero attached hydrogens (tertiary/aromatic N) is 1. The van der Waals surface area contributed by atoms with Gasteiger partial charge in [0.1, 0.15) is 5.75 Å². The van der Waals surface area contributed by atoms with E-state index in [1.807, 2.05) is 42.5 Å². The molecule has 0 radical (unpaired) electrons. The average Bonchev–Trinajstić information content (AvgIpc) is 2.77. The molecule has 0 saturated carbocycles. The standard InChI is InChI=1S/C25H26N2O2S/c1-2-3-8-19-13-15-21(16-14-19)27-25(29)18-30-24-12-7-5-10-22(24)26-17-20-9-4-6-11-23(20)28/h4-7,9-17,28H,2-3,8,18H2,1H3,(H,27,29)/b26-17-. The molecule has 0 spiro atoms. The predicted octanol–water partition coefficient (Wildman–Crippen LogP) is 6.22. The van der Waals surface area contributed by atoms with E-state index in [0.717, 1.165) is 22.7 Å². The van der Waals surface area contributed by atoms with Crippen molar-refractivity contribution >= 4 is 35.3 Å². The summed E-state index contributed by atoms with van der Waals surface area (Å²) in [6.45, 7) is 2.18. The highest BCUT2D eigenvalue weighted by molar-refractivity contribution is 8.00. The summed E-state index contributed by atoms with van der Waals surface area (Å²) in [5.74, 6) is 0.424. The molecule has 3 aromatic rings. The number of thioether (sulfide) groups is 1. The van der Waals surface area contributed by atoms with Gasteiger partial charge in [-0.3, -0.25) is 9.79 Å². The Balaban J connectivity index is 1.58. The average molecular weight is 419 g/mol. The first-order chi connectivity index (χ1) is 14.7. The lowest BCUT2D eigenvalue weighted by molar-refractivity contribution is -0.113. The smallest absolute Gasteiger partial charge is 0.234 e. The fourth-order valence-electron chi connectivity index (χ4n) is 2.90. The van der Waals surface area contributed by atoms with Crippen LogP contribution in [0.1, 0.15) is 30.9 Å². The van der Waals surface area contributed by atoms with Gasteiger partial charge in [-0.2, -0.15) is 0 Å². The number of para-hydroxylation sites is 2. The van der Waals surface area contributed by atoms with Crippen LogP contribution in [0.5, 0.6) is 5.75 Å². The Bertz CT molecular complexity index is 1000. The maximum absolute atomic E-state index is 12.4. The summed E-state index contributed by atoms with van der Waals surface area (Å²) in [5, 5.41) is 12.8. The van der Waals surface area contributed by atoms with Gasteiger partial charge in [0, 0.05) is 22.4 Å². The molecule has 0 bridgehead atoms. The van der Waals surface area contributed by atoms with E-state index in [-0.39, 0.29) is 11.7 Å². The normalized spacial score (nSPS) is 11.0. The van der Waals surface area contributed by atoms with E-state index in [1.165, 1.54) is 30.2 Å². The molecule has 154 valence electrons. The van der Waals surface area contributed by atoms with E-state index in [1.54, 1.807) is 24.4 Å². The van der Waals surface area contributed by atoms with Crippen molar-refractivity contribution in [3.63, 3.8) is 0 Å². The molecule has 4 nitrogen and oxygen atoms in total. The molecule has 0 aliphatic rings. The first kappa shape index (κ1) is 21.7. The molecule has 0 aliphatic carbocycles. The Hall–Kier alpha value is -3.05. The van der Waals surface area contributed by atoms with Gasteiger partial charge in [0.25, 0.3) is 0 Å². The quantitative estimate of drug-likeness (QED) is 0.320. The third-order valence-electron chi connectivity index (χ3n) is 4.56. The van der Waals surface area contributed by atoms with Gasteiger partial charge in [-0.1, -0.05) is 49.7 Å². The lowest BCUT2D eigenvalue weighted by Gasteiger charge is -2.08. The molecule has 3 aromatic carbocycles. The van der Waals surface area contributed by atoms with E-state index in [0.29, 0.717) is 11.3 Å². The minimum absolute atomic E-state index is 0.0548. The van der Waals surface area contributed by atoms with E-state index < -0.39 is 0 Å². The Morgan fingerprint density at radius 2 is 1.77 bits per heavy atom. The van der Waals surface area contributed by atoms with Crippen molar-refractivity contribution in [1.82, 2.24) is 0 Å². The lowest BCUT2D eigenvalue weighted by Crippen LogP contribution is -2.13. The van der Waals surface area contributed by atoms with Crippen LogP contribution in [0, 0.1) is 0 Å². The Labute approximate surface area is 182 Å². The number of unbranched alkanes of at least 4 members (excludes halogenated alkanes) is 1. The van der Waals surface area contributed by atoms with E-state index in [4.69, 9.17) is 0 Å². The van der Waals surface area contributed by atoms with Gasteiger partial charge in [-0.05, 0) is 54.8 Å². The summed E-state index contributed by atoms with van der Waals surface area (Å²) >= 11 is 1.44. The molecule has 0 aromatic heterocycles. The number of hydrogen-bond donors (Lipinski definition) is 2. The third-order valence-corrected chi connectivity index (χ3v) is 5.62. The van der Waals surface area contributed by atoms with E-state index in [2.05, 4.69) is 29.4 Å². The number of aryl methyl sites for hydroxylation is 1. The van der Waals surface area contributed by atoms with Crippen molar-refractivity contribution in [2.24, 2.45) is 4.99 Å². The highest BCUT2D eigenvalue weighted by Gasteiger charge is 2.07. The second-order valence-corrected chi connectivity index (χ2v) is 7.94. The monoisotopic (exact) mass is 418 g/mol. The van der Waals surface area contributed by atoms with Gasteiger partial charge in [-0.25, -0.2) is 0 Å². The molecule has 0 heterocycles. The van der Waals surface area contributed by atoms with Crippen molar-refractivity contribution in [2.75, 3.05) is 11.1 Å². The van der Waals surface area contributed by atoms with Crippen molar-refractivity contribution < 1.29 is 9.90 Å². The topological polar surface area (TPSA) is 61.7 Å². The SMILES string of the molecule is CCCCc1ccc(NC(=O)CSc2ccccc2/N=C\c2ccccc2O)cc1. The summed E-state index contributed by atoms with van der Waals surface area (Å²) < 4.78 is 0. The van der Waals surface area contributed by atoms with Crippen LogP contribution in [-0.4, -0.2) is 23.0 Å². The molecule has 5 heteroatoms. The number of carbonyl (C=O) groups is 1. The molecule has 0 fully saturated rings. The summed E-state index contributed by atoms with van der Waals surface area (Å²) in [7, 11) is 0. The zero-order valence-corrected chi connectivity index (χ0v) is 17.9. The molecule has 3 rings (SSSR count). The Morgan fingerprint density at radius 3 is 2.53 bits per heavy atom. The number of nitrogens with one attached hydrogen (secondary N) is 1. The highest BCUT2D eigenvalue weighted by atomic mass is 32.2. The molecule has 30 heavy (non-hydrogen) atoms. The number of rotatable bonds is 9. The second kappa shape index (κ2) is 11.2. The number of aromatic hydroxyl groups is 1. The fourth-order valence-corrected chi connectivity index (χ4v) is 3.70. The largest absolute Gasteiger partial charge is 0.507 e. The van der Waals surface area contributed by atoms with Gasteiger partial charge >= 0.3 is 0 Å². The van der Waals surface area contributed by atoms with Crippen molar-refractivity contribution in [1.29, 1.82) is 0 Å². The zero-order valence-electron chi connectivity index (χ0n) is 17.0. The number of anilines is 1. The molecular weight excluding hydrogens is 392 g/mol. The molecule has 0 unspecified atom stereocenters. The van der Waals surface area contributed by atoms with Gasteiger partial charge in [0.15, 0.2) is 0 Å². The minimum Gasteiger partial charge on any atom is -0.507 e. The van der Waals surface area contributed by atoms with Gasteiger partial charge in [-0.15, -0.1) is 11.8 Å². The summed E-state index contributed by atoms with van der Waals surface area (Å²) in [5.41, 5.74) is 3.52. The van der Waals surface area contributed by atoms with Crippen LogP contribution >= 0.6 is 11.8 Å². The number of phenolic OH excluding ortho intramolecular Hbond substituents is 1. The summed E-state index contributed by atoms with van der Waals surface area (Å²) in [6, 6.07) is 22.8. The third kappa shape index (κ3) is 6.49. The van der Waals surface area contributed by atoms with Gasteiger partial charge < -0.3 is 10.4 Å². The fraction of sp³-hybridized carbons (Fsp3) is 0.200. The van der Waals surface area contributed by atoms with Crippen molar-refractivity contribution in [2.45, 2.75) is 31.1 Å². The van der Waals surface area contributed by atoms with Crippen molar-refractivity contribution in [3.8, 4) is 5.75 Å². The molecule has 0 aliphatic heterocycles. The van der Waals surface area contributed by atoms with Crippen LogP contribution in [0.2, 0.25) is 0 Å². The van der Waals surface area contributed by atoms with Gasteiger partial charge in [0.2, 0.25) is 5.91 Å². The Morgan fingerprint density at radius 1 is 1.03 bits per heavy atom. The van der Waals surface area contributed by atoms with E-state index >= 15 is 0 Å². The van der Waals surface area contributed by atoms with Crippen LogP contribution < -0.4 is 5.32 Å². The summed E-state index contributed by atoms with van der Waals surface area (Å²) in [6.07, 6.45) is 5.05. The van der Waals surface area contributed by atoms with Crippen LogP contribution in [-0.2, 0) is 11.2 Å². The molecule has 2 N–H and O–H groups in total. The molecule has 0 atom stereocenters. The maximum atomic E-state index is 12.4. The second-order valence-electron chi connectivity index (χ2n) is 6.92. The number of amides is 1.